The normalized spacial score (nSPS) is 19.9. The second-order valence-corrected chi connectivity index (χ2v) is 10.9. The summed E-state index contributed by atoms with van der Waals surface area (Å²) < 4.78 is 29.3. The number of pyridine rings is 1. The number of benzene rings is 1. The number of aliphatic hydroxyl groups excluding tert-OH is 1. The summed E-state index contributed by atoms with van der Waals surface area (Å²) in [7, 11) is -3.93. The number of nitrogens with one attached hydrogen (secondary N) is 1. The second-order valence-electron chi connectivity index (χ2n) is 9.06. The smallest absolute Gasteiger partial charge is 0.226 e. The molecule has 176 valence electrons. The van der Waals surface area contributed by atoms with Gasteiger partial charge < -0.3 is 14.7 Å². The van der Waals surface area contributed by atoms with Crippen LogP contribution >= 0.6 is 0 Å². The van der Waals surface area contributed by atoms with E-state index in [-0.39, 0.29) is 16.0 Å². The molecule has 1 atom stereocenters. The third kappa shape index (κ3) is 3.77. The average Bonchev–Trinajstić information content (AvgIpc) is 3.47. The van der Waals surface area contributed by atoms with Crippen molar-refractivity contribution in [1.82, 2.24) is 19.5 Å². The van der Waals surface area contributed by atoms with Gasteiger partial charge >= 0.3 is 0 Å². The molecule has 2 N–H and O–H groups in total. The lowest BCUT2D eigenvalue weighted by molar-refractivity contribution is 0.174. The molecule has 1 fully saturated rings. The van der Waals surface area contributed by atoms with Crippen molar-refractivity contribution in [2.75, 3.05) is 0 Å². The topological polar surface area (TPSA) is 125 Å². The SMILES string of the molecule is C[C@@H](O)c1nc2c(S(=O)(=O)c3ccccc3)nc3[nH]ccc3c2n1C1CCC(CCC#N)CC1. The first-order chi connectivity index (χ1) is 16.4. The van der Waals surface area contributed by atoms with E-state index in [2.05, 4.69) is 16.0 Å². The first-order valence-electron chi connectivity index (χ1n) is 11.7. The van der Waals surface area contributed by atoms with E-state index in [1.165, 1.54) is 0 Å². The number of hydrogen-bond donors (Lipinski definition) is 2. The van der Waals surface area contributed by atoms with Gasteiger partial charge in [0.05, 0.1) is 16.5 Å². The van der Waals surface area contributed by atoms with E-state index in [4.69, 9.17) is 10.2 Å². The number of imidazole rings is 1. The van der Waals surface area contributed by atoms with Crippen LogP contribution in [0.25, 0.3) is 22.1 Å². The van der Waals surface area contributed by atoms with Gasteiger partial charge in [-0.05, 0) is 63.1 Å². The molecule has 1 saturated carbocycles. The lowest BCUT2D eigenvalue weighted by Crippen LogP contribution is -2.20. The maximum atomic E-state index is 13.6. The lowest BCUT2D eigenvalue weighted by Gasteiger charge is -2.31. The third-order valence-corrected chi connectivity index (χ3v) is 8.55. The summed E-state index contributed by atoms with van der Waals surface area (Å²) in [6.07, 6.45) is 6.09. The van der Waals surface area contributed by atoms with Crippen LogP contribution in [0.15, 0.2) is 52.5 Å². The van der Waals surface area contributed by atoms with Gasteiger partial charge in [0, 0.05) is 24.0 Å². The predicted molar refractivity (Wildman–Crippen MR) is 128 cm³/mol. The van der Waals surface area contributed by atoms with Crippen molar-refractivity contribution in [3.8, 4) is 6.07 Å². The van der Waals surface area contributed by atoms with Gasteiger partial charge in [-0.25, -0.2) is 18.4 Å². The van der Waals surface area contributed by atoms with Gasteiger partial charge in [-0.15, -0.1) is 0 Å². The van der Waals surface area contributed by atoms with Crippen molar-refractivity contribution >= 4 is 31.9 Å². The largest absolute Gasteiger partial charge is 0.385 e. The van der Waals surface area contributed by atoms with Gasteiger partial charge in [0.25, 0.3) is 0 Å². The van der Waals surface area contributed by atoms with E-state index >= 15 is 0 Å². The zero-order valence-corrected chi connectivity index (χ0v) is 19.8. The van der Waals surface area contributed by atoms with Crippen molar-refractivity contribution < 1.29 is 13.5 Å². The van der Waals surface area contributed by atoms with Crippen LogP contribution in [0.4, 0.5) is 0 Å². The van der Waals surface area contributed by atoms with Crippen LogP contribution in [-0.4, -0.2) is 33.0 Å². The van der Waals surface area contributed by atoms with Crippen molar-refractivity contribution in [2.24, 2.45) is 5.92 Å². The highest BCUT2D eigenvalue weighted by atomic mass is 32.2. The Kier molecular flexibility index (Phi) is 5.88. The molecule has 9 heteroatoms. The van der Waals surface area contributed by atoms with Crippen LogP contribution < -0.4 is 0 Å². The van der Waals surface area contributed by atoms with Crippen LogP contribution in [0.2, 0.25) is 0 Å². The van der Waals surface area contributed by atoms with Gasteiger partial charge in [0.15, 0.2) is 5.03 Å². The highest BCUT2D eigenvalue weighted by Crippen LogP contribution is 2.41. The molecule has 4 aromatic rings. The van der Waals surface area contributed by atoms with Crippen LogP contribution in [0.1, 0.15) is 63.4 Å². The Labute approximate surface area is 198 Å². The van der Waals surface area contributed by atoms with E-state index in [1.54, 1.807) is 43.5 Å². The molecule has 3 aromatic heterocycles. The molecular weight excluding hydrogens is 450 g/mol. The summed E-state index contributed by atoms with van der Waals surface area (Å²) in [5, 5.41) is 20.2. The molecule has 34 heavy (non-hydrogen) atoms. The minimum absolute atomic E-state index is 0.0840. The van der Waals surface area contributed by atoms with Gasteiger partial charge in [0.1, 0.15) is 23.1 Å². The molecule has 0 bridgehead atoms. The van der Waals surface area contributed by atoms with Crippen LogP contribution in [0.5, 0.6) is 0 Å². The summed E-state index contributed by atoms with van der Waals surface area (Å²) in [4.78, 5) is 12.4. The minimum Gasteiger partial charge on any atom is -0.385 e. The zero-order chi connectivity index (χ0) is 23.9. The first kappa shape index (κ1) is 22.6. The highest BCUT2D eigenvalue weighted by molar-refractivity contribution is 7.91. The summed E-state index contributed by atoms with van der Waals surface area (Å²) in [5.74, 6) is 0.971. The lowest BCUT2D eigenvalue weighted by atomic mass is 9.83. The molecule has 0 unspecified atom stereocenters. The fourth-order valence-electron chi connectivity index (χ4n) is 5.18. The Morgan fingerprint density at radius 3 is 2.59 bits per heavy atom. The van der Waals surface area contributed by atoms with E-state index in [0.717, 1.165) is 37.5 Å². The maximum absolute atomic E-state index is 13.6. The molecule has 8 nitrogen and oxygen atoms in total. The van der Waals surface area contributed by atoms with Crippen molar-refractivity contribution in [3.05, 3.63) is 48.4 Å². The maximum Gasteiger partial charge on any atom is 0.226 e. The molecule has 1 aliphatic rings. The monoisotopic (exact) mass is 477 g/mol. The fraction of sp³-hybridized carbons (Fsp3) is 0.400. The molecule has 0 amide bonds. The average molecular weight is 478 g/mol. The molecule has 3 heterocycles. The molecule has 1 aromatic carbocycles. The van der Waals surface area contributed by atoms with E-state index in [0.29, 0.717) is 34.8 Å². The predicted octanol–water partition coefficient (Wildman–Crippen LogP) is 4.83. The molecule has 5 rings (SSSR count). The number of nitriles is 1. The fourth-order valence-corrected chi connectivity index (χ4v) is 6.53. The van der Waals surface area contributed by atoms with Gasteiger partial charge in [0.2, 0.25) is 9.84 Å². The number of H-pyrrole nitrogens is 1. The van der Waals surface area contributed by atoms with Gasteiger partial charge in [-0.3, -0.25) is 0 Å². The highest BCUT2D eigenvalue weighted by Gasteiger charge is 2.32. The van der Waals surface area contributed by atoms with Crippen molar-refractivity contribution in [1.29, 1.82) is 5.26 Å². The number of fused-ring (bicyclic) bond motifs is 3. The summed E-state index contributed by atoms with van der Waals surface area (Å²) >= 11 is 0. The number of nitrogens with zero attached hydrogens (tertiary/aromatic N) is 4. The van der Waals surface area contributed by atoms with Gasteiger partial charge in [-0.2, -0.15) is 5.26 Å². The zero-order valence-electron chi connectivity index (χ0n) is 19.0. The standard InChI is InChI=1S/C25H27N5O3S/c1-16(31)24-28-21-22(30(24)18-11-9-17(10-12-18)6-5-14-26)20-13-15-27-23(20)29-25(21)34(32,33)19-7-3-2-4-8-19/h2-4,7-8,13,15-18,31H,5-6,9-12H2,1H3,(H,27,29)/t16-,17?,18?/m1/s1. The molecule has 0 radical (unpaired) electrons. The molecule has 0 aliphatic heterocycles. The summed E-state index contributed by atoms with van der Waals surface area (Å²) in [6.45, 7) is 1.66. The van der Waals surface area contributed by atoms with Gasteiger partial charge in [-0.1, -0.05) is 18.2 Å². The Hall–Kier alpha value is -3.22. The third-order valence-electron chi connectivity index (χ3n) is 6.86. The Morgan fingerprint density at radius 1 is 1.18 bits per heavy atom. The van der Waals surface area contributed by atoms with E-state index in [1.807, 2.05) is 10.6 Å². The Morgan fingerprint density at radius 2 is 1.91 bits per heavy atom. The number of aromatic nitrogens is 4. The second kappa shape index (κ2) is 8.85. The van der Waals surface area contributed by atoms with Crippen LogP contribution in [0.3, 0.4) is 0 Å². The molecular formula is C25H27N5O3S. The minimum atomic E-state index is -3.93. The quantitative estimate of drug-likeness (QED) is 0.410. The van der Waals surface area contributed by atoms with Crippen LogP contribution in [0, 0.1) is 17.2 Å². The van der Waals surface area contributed by atoms with Crippen molar-refractivity contribution in [3.63, 3.8) is 0 Å². The number of sulfone groups is 1. The Balaban J connectivity index is 1.70. The Bertz CT molecular complexity index is 1470. The number of rotatable bonds is 6. The number of hydrogen-bond acceptors (Lipinski definition) is 6. The first-order valence-corrected chi connectivity index (χ1v) is 13.1. The van der Waals surface area contributed by atoms with Crippen LogP contribution in [-0.2, 0) is 9.84 Å². The van der Waals surface area contributed by atoms with E-state index < -0.39 is 15.9 Å². The molecule has 0 saturated heterocycles. The van der Waals surface area contributed by atoms with E-state index in [9.17, 15) is 13.5 Å². The summed E-state index contributed by atoms with van der Waals surface area (Å²) in [5.41, 5.74) is 1.46. The summed E-state index contributed by atoms with van der Waals surface area (Å²) in [6, 6.07) is 12.4. The van der Waals surface area contributed by atoms with Crippen molar-refractivity contribution in [2.45, 2.75) is 67.5 Å². The molecule has 1 aliphatic carbocycles. The number of aromatic amines is 1. The molecule has 0 spiro atoms. The number of aliphatic hydroxyl groups is 1.